The number of hydrogen-bond donors (Lipinski definition) is 1. The van der Waals surface area contributed by atoms with Gasteiger partial charge in [0.05, 0.1) is 14.2 Å². The Morgan fingerprint density at radius 2 is 1.86 bits per heavy atom. The van der Waals surface area contributed by atoms with Gasteiger partial charge in [0.15, 0.2) is 11.5 Å². The SMILES string of the molecule is COc1ccc(C(=O)NCCCn2cccc2)cc1OC. The molecule has 21 heavy (non-hydrogen) atoms. The van der Waals surface area contributed by atoms with Crippen LogP contribution in [0.4, 0.5) is 0 Å². The third-order valence-corrected chi connectivity index (χ3v) is 3.19. The van der Waals surface area contributed by atoms with E-state index in [0.29, 0.717) is 23.6 Å². The van der Waals surface area contributed by atoms with E-state index in [0.717, 1.165) is 13.0 Å². The van der Waals surface area contributed by atoms with E-state index in [1.54, 1.807) is 32.4 Å². The molecule has 1 heterocycles. The quantitative estimate of drug-likeness (QED) is 0.796. The third-order valence-electron chi connectivity index (χ3n) is 3.19. The van der Waals surface area contributed by atoms with Crippen LogP contribution in [0.25, 0.3) is 0 Å². The van der Waals surface area contributed by atoms with Crippen molar-refractivity contribution in [3.63, 3.8) is 0 Å². The van der Waals surface area contributed by atoms with Crippen molar-refractivity contribution in [2.45, 2.75) is 13.0 Å². The van der Waals surface area contributed by atoms with Crippen molar-refractivity contribution >= 4 is 5.91 Å². The molecule has 0 aliphatic carbocycles. The fourth-order valence-electron chi connectivity index (χ4n) is 2.06. The first-order valence-corrected chi connectivity index (χ1v) is 6.85. The molecule has 0 bridgehead atoms. The summed E-state index contributed by atoms with van der Waals surface area (Å²) in [6, 6.07) is 9.11. The van der Waals surface area contributed by atoms with Crippen LogP contribution >= 0.6 is 0 Å². The first-order chi connectivity index (χ1) is 10.2. The lowest BCUT2D eigenvalue weighted by molar-refractivity contribution is 0.0952. The van der Waals surface area contributed by atoms with Crippen molar-refractivity contribution < 1.29 is 14.3 Å². The molecule has 0 saturated carbocycles. The Hall–Kier alpha value is -2.43. The number of ether oxygens (including phenoxy) is 2. The average molecular weight is 288 g/mol. The number of nitrogens with zero attached hydrogens (tertiary/aromatic N) is 1. The molecule has 0 spiro atoms. The zero-order chi connectivity index (χ0) is 15.1. The number of aromatic nitrogens is 1. The van der Waals surface area contributed by atoms with E-state index < -0.39 is 0 Å². The van der Waals surface area contributed by atoms with Crippen LogP contribution < -0.4 is 14.8 Å². The number of carbonyl (C=O) groups is 1. The predicted molar refractivity (Wildman–Crippen MR) is 80.9 cm³/mol. The fraction of sp³-hybridized carbons (Fsp3) is 0.312. The molecule has 1 aromatic carbocycles. The van der Waals surface area contributed by atoms with E-state index in [1.165, 1.54) is 0 Å². The van der Waals surface area contributed by atoms with Crippen molar-refractivity contribution in [2.75, 3.05) is 20.8 Å². The lowest BCUT2D eigenvalue weighted by atomic mass is 10.2. The van der Waals surface area contributed by atoms with Gasteiger partial charge in [-0.25, -0.2) is 0 Å². The van der Waals surface area contributed by atoms with E-state index in [2.05, 4.69) is 9.88 Å². The first kappa shape index (κ1) is 15.0. The van der Waals surface area contributed by atoms with Gasteiger partial charge in [-0.05, 0) is 36.8 Å². The highest BCUT2D eigenvalue weighted by atomic mass is 16.5. The summed E-state index contributed by atoms with van der Waals surface area (Å²) < 4.78 is 12.4. The minimum absolute atomic E-state index is 0.108. The predicted octanol–water partition coefficient (Wildman–Crippen LogP) is 2.33. The number of nitrogens with one attached hydrogen (secondary N) is 1. The van der Waals surface area contributed by atoms with Crippen molar-refractivity contribution in [2.24, 2.45) is 0 Å². The molecule has 1 N–H and O–H groups in total. The smallest absolute Gasteiger partial charge is 0.251 e. The van der Waals surface area contributed by atoms with Crippen molar-refractivity contribution in [3.05, 3.63) is 48.3 Å². The minimum atomic E-state index is -0.108. The first-order valence-electron chi connectivity index (χ1n) is 6.85. The van der Waals surface area contributed by atoms with Crippen LogP contribution in [0.15, 0.2) is 42.7 Å². The molecule has 0 atom stereocenters. The number of methoxy groups -OCH3 is 2. The summed E-state index contributed by atoms with van der Waals surface area (Å²) in [4.78, 5) is 12.1. The number of aryl methyl sites for hydroxylation is 1. The highest BCUT2D eigenvalue weighted by molar-refractivity contribution is 5.94. The molecule has 1 amide bonds. The maximum absolute atomic E-state index is 12.1. The maximum atomic E-state index is 12.1. The number of benzene rings is 1. The molecule has 0 aliphatic rings. The Bertz CT molecular complexity index is 579. The normalized spacial score (nSPS) is 10.2. The van der Waals surface area contributed by atoms with Crippen molar-refractivity contribution in [1.82, 2.24) is 9.88 Å². The van der Waals surface area contributed by atoms with Crippen LogP contribution in [-0.2, 0) is 6.54 Å². The molecule has 112 valence electrons. The van der Waals surface area contributed by atoms with E-state index in [1.807, 2.05) is 24.5 Å². The Morgan fingerprint density at radius 1 is 1.14 bits per heavy atom. The molecule has 0 unspecified atom stereocenters. The molecule has 0 radical (unpaired) electrons. The van der Waals surface area contributed by atoms with E-state index in [9.17, 15) is 4.79 Å². The fourth-order valence-corrected chi connectivity index (χ4v) is 2.06. The number of rotatable bonds is 7. The molecule has 5 heteroatoms. The lowest BCUT2D eigenvalue weighted by Crippen LogP contribution is -2.25. The molecular formula is C16H20N2O3. The van der Waals surface area contributed by atoms with E-state index in [4.69, 9.17) is 9.47 Å². The van der Waals surface area contributed by atoms with Crippen LogP contribution in [0, 0.1) is 0 Å². The van der Waals surface area contributed by atoms with Gasteiger partial charge in [0, 0.05) is 31.0 Å². The highest BCUT2D eigenvalue weighted by Gasteiger charge is 2.10. The summed E-state index contributed by atoms with van der Waals surface area (Å²) in [6.07, 6.45) is 4.90. The largest absolute Gasteiger partial charge is 0.493 e. The van der Waals surface area contributed by atoms with Gasteiger partial charge < -0.3 is 19.4 Å². The summed E-state index contributed by atoms with van der Waals surface area (Å²) >= 11 is 0. The Kier molecular flexibility index (Phi) is 5.26. The molecule has 0 aliphatic heterocycles. The monoisotopic (exact) mass is 288 g/mol. The Labute approximate surface area is 124 Å². The van der Waals surface area contributed by atoms with Crippen LogP contribution in [0.1, 0.15) is 16.8 Å². The number of hydrogen-bond acceptors (Lipinski definition) is 3. The average Bonchev–Trinajstić information content (AvgIpc) is 3.04. The second-order valence-electron chi connectivity index (χ2n) is 4.60. The molecule has 1 aromatic heterocycles. The molecule has 5 nitrogen and oxygen atoms in total. The third kappa shape index (κ3) is 4.02. The van der Waals surface area contributed by atoms with Crippen molar-refractivity contribution in [3.8, 4) is 11.5 Å². The van der Waals surface area contributed by atoms with Crippen LogP contribution in [0.5, 0.6) is 11.5 Å². The van der Waals surface area contributed by atoms with Crippen LogP contribution in [-0.4, -0.2) is 31.2 Å². The van der Waals surface area contributed by atoms with Gasteiger partial charge in [-0.2, -0.15) is 0 Å². The number of amides is 1. The van der Waals surface area contributed by atoms with E-state index >= 15 is 0 Å². The summed E-state index contributed by atoms with van der Waals surface area (Å²) in [5.74, 6) is 1.06. The zero-order valence-electron chi connectivity index (χ0n) is 12.3. The lowest BCUT2D eigenvalue weighted by Gasteiger charge is -2.10. The standard InChI is InChI=1S/C16H20N2O3/c1-20-14-7-6-13(12-15(14)21-2)16(19)17-8-5-11-18-9-3-4-10-18/h3-4,6-7,9-10,12H,5,8,11H2,1-2H3,(H,17,19). The molecule has 0 saturated heterocycles. The molecule has 2 rings (SSSR count). The van der Waals surface area contributed by atoms with Crippen LogP contribution in [0.3, 0.4) is 0 Å². The summed E-state index contributed by atoms with van der Waals surface area (Å²) in [5.41, 5.74) is 0.564. The zero-order valence-corrected chi connectivity index (χ0v) is 12.3. The topological polar surface area (TPSA) is 52.5 Å². The van der Waals surface area contributed by atoms with Gasteiger partial charge in [0.1, 0.15) is 0 Å². The van der Waals surface area contributed by atoms with Crippen LogP contribution in [0.2, 0.25) is 0 Å². The minimum Gasteiger partial charge on any atom is -0.493 e. The summed E-state index contributed by atoms with van der Waals surface area (Å²) in [7, 11) is 3.12. The van der Waals surface area contributed by atoms with Gasteiger partial charge in [-0.15, -0.1) is 0 Å². The van der Waals surface area contributed by atoms with Gasteiger partial charge in [-0.3, -0.25) is 4.79 Å². The molecular weight excluding hydrogens is 268 g/mol. The number of carbonyl (C=O) groups excluding carboxylic acids is 1. The summed E-state index contributed by atoms with van der Waals surface area (Å²) in [6.45, 7) is 1.52. The van der Waals surface area contributed by atoms with Gasteiger partial charge in [0.2, 0.25) is 0 Å². The van der Waals surface area contributed by atoms with Gasteiger partial charge in [0.25, 0.3) is 5.91 Å². The second kappa shape index (κ2) is 7.38. The highest BCUT2D eigenvalue weighted by Crippen LogP contribution is 2.27. The Balaban J connectivity index is 1.85. The molecule has 0 fully saturated rings. The van der Waals surface area contributed by atoms with Gasteiger partial charge >= 0.3 is 0 Å². The van der Waals surface area contributed by atoms with Crippen molar-refractivity contribution in [1.29, 1.82) is 0 Å². The summed E-state index contributed by atoms with van der Waals surface area (Å²) in [5, 5.41) is 2.90. The van der Waals surface area contributed by atoms with Gasteiger partial charge in [-0.1, -0.05) is 0 Å². The molecule has 2 aromatic rings. The Morgan fingerprint density at radius 3 is 2.52 bits per heavy atom. The maximum Gasteiger partial charge on any atom is 0.251 e. The van der Waals surface area contributed by atoms with E-state index in [-0.39, 0.29) is 5.91 Å². The second-order valence-corrected chi connectivity index (χ2v) is 4.60.